The molecule has 96 valence electrons. The summed E-state index contributed by atoms with van der Waals surface area (Å²) in [5.74, 6) is 0. The Balaban J connectivity index is 2.27. The minimum atomic E-state index is 0.487. The largest absolute Gasteiger partial charge is 0.326 e. The molecule has 3 aromatic rings. The van der Waals surface area contributed by atoms with E-state index in [9.17, 15) is 0 Å². The van der Waals surface area contributed by atoms with E-state index in [1.165, 1.54) is 4.90 Å². The van der Waals surface area contributed by atoms with Crippen molar-refractivity contribution in [3.05, 3.63) is 48.0 Å². The fraction of sp³-hybridized carbons (Fsp3) is 0.143. The maximum atomic E-state index is 5.90. The van der Waals surface area contributed by atoms with Gasteiger partial charge in [-0.05, 0) is 30.5 Å². The molecule has 0 spiro atoms. The highest BCUT2D eigenvalue weighted by atomic mass is 32.2. The van der Waals surface area contributed by atoms with Crippen LogP contribution in [0, 0.1) is 0 Å². The Morgan fingerprint density at radius 2 is 2.00 bits per heavy atom. The molecule has 0 saturated heterocycles. The molecule has 4 nitrogen and oxygen atoms in total. The number of nitrogens with zero attached hydrogens (tertiary/aromatic N) is 3. The Labute approximate surface area is 115 Å². The molecule has 0 aliphatic heterocycles. The smallest absolute Gasteiger partial charge is 0.113 e. The van der Waals surface area contributed by atoms with Gasteiger partial charge in [-0.25, -0.2) is 4.68 Å². The molecule has 3 rings (SSSR count). The van der Waals surface area contributed by atoms with E-state index in [1.807, 2.05) is 41.1 Å². The van der Waals surface area contributed by atoms with Crippen LogP contribution in [-0.4, -0.2) is 21.2 Å². The van der Waals surface area contributed by atoms with Gasteiger partial charge in [-0.3, -0.25) is 0 Å². The second kappa shape index (κ2) is 5.03. The van der Waals surface area contributed by atoms with Crippen molar-refractivity contribution in [1.82, 2.24) is 15.0 Å². The van der Waals surface area contributed by atoms with E-state index in [4.69, 9.17) is 5.73 Å². The van der Waals surface area contributed by atoms with Crippen molar-refractivity contribution in [2.75, 3.05) is 6.26 Å². The molecule has 0 unspecified atom stereocenters. The number of nitrogens with two attached hydrogens (primary N) is 1. The van der Waals surface area contributed by atoms with Crippen molar-refractivity contribution in [2.24, 2.45) is 5.73 Å². The van der Waals surface area contributed by atoms with Crippen molar-refractivity contribution in [3.63, 3.8) is 0 Å². The van der Waals surface area contributed by atoms with E-state index in [2.05, 4.69) is 22.6 Å². The lowest BCUT2D eigenvalue weighted by molar-refractivity contribution is 0.806. The lowest BCUT2D eigenvalue weighted by Gasteiger charge is -2.11. The first-order valence-corrected chi connectivity index (χ1v) is 7.24. The highest BCUT2D eigenvalue weighted by molar-refractivity contribution is 7.98. The van der Waals surface area contributed by atoms with Crippen LogP contribution in [0.3, 0.4) is 0 Å². The van der Waals surface area contributed by atoms with Gasteiger partial charge >= 0.3 is 0 Å². The van der Waals surface area contributed by atoms with Gasteiger partial charge in [-0.1, -0.05) is 23.4 Å². The van der Waals surface area contributed by atoms with Crippen molar-refractivity contribution in [1.29, 1.82) is 0 Å². The summed E-state index contributed by atoms with van der Waals surface area (Å²) in [4.78, 5) is 1.18. The Kier molecular flexibility index (Phi) is 3.23. The van der Waals surface area contributed by atoms with Crippen LogP contribution in [0.25, 0.3) is 16.7 Å². The van der Waals surface area contributed by atoms with Gasteiger partial charge in [0.25, 0.3) is 0 Å². The molecule has 0 bridgehead atoms. The van der Waals surface area contributed by atoms with Crippen LogP contribution in [0.1, 0.15) is 5.56 Å². The van der Waals surface area contributed by atoms with E-state index in [-0.39, 0.29) is 0 Å². The lowest BCUT2D eigenvalue weighted by Crippen LogP contribution is -2.07. The van der Waals surface area contributed by atoms with E-state index in [0.29, 0.717) is 6.54 Å². The molecule has 0 saturated carbocycles. The molecule has 1 aromatic heterocycles. The molecule has 19 heavy (non-hydrogen) atoms. The summed E-state index contributed by atoms with van der Waals surface area (Å²) in [7, 11) is 0. The zero-order chi connectivity index (χ0) is 13.2. The summed E-state index contributed by atoms with van der Waals surface area (Å²) in [6, 6.07) is 14.1. The number of benzene rings is 2. The number of para-hydroxylation sites is 1. The fourth-order valence-corrected chi connectivity index (χ4v) is 2.84. The predicted octanol–water partition coefficient (Wildman–Crippen LogP) is 2.60. The van der Waals surface area contributed by atoms with Gasteiger partial charge in [-0.15, -0.1) is 16.9 Å². The molecule has 2 N–H and O–H groups in total. The Bertz CT molecular complexity index is 720. The average molecular weight is 270 g/mol. The molecule has 0 aliphatic carbocycles. The van der Waals surface area contributed by atoms with Crippen molar-refractivity contribution in [3.8, 4) is 5.69 Å². The first kappa shape index (κ1) is 12.2. The minimum Gasteiger partial charge on any atom is -0.326 e. The van der Waals surface area contributed by atoms with Crippen LogP contribution >= 0.6 is 11.8 Å². The van der Waals surface area contributed by atoms with Crippen LogP contribution < -0.4 is 5.73 Å². The quantitative estimate of drug-likeness (QED) is 0.743. The summed E-state index contributed by atoms with van der Waals surface area (Å²) in [6.07, 6.45) is 2.05. The Hall–Kier alpha value is -1.85. The van der Waals surface area contributed by atoms with Gasteiger partial charge in [0.1, 0.15) is 5.52 Å². The molecule has 0 amide bonds. The predicted molar refractivity (Wildman–Crippen MR) is 78.5 cm³/mol. The average Bonchev–Trinajstić information content (AvgIpc) is 2.90. The number of rotatable bonds is 3. The molecule has 2 aromatic carbocycles. The first-order chi connectivity index (χ1) is 9.35. The zero-order valence-electron chi connectivity index (χ0n) is 10.6. The van der Waals surface area contributed by atoms with Gasteiger partial charge in [-0.2, -0.15) is 0 Å². The monoisotopic (exact) mass is 270 g/mol. The second-order valence-electron chi connectivity index (χ2n) is 4.15. The molecule has 0 fully saturated rings. The number of hydrogen-bond acceptors (Lipinski definition) is 4. The Morgan fingerprint density at radius 1 is 1.16 bits per heavy atom. The number of thioether (sulfide) groups is 1. The van der Waals surface area contributed by atoms with Crippen LogP contribution in [0.5, 0.6) is 0 Å². The van der Waals surface area contributed by atoms with Gasteiger partial charge in [0.05, 0.1) is 11.2 Å². The Morgan fingerprint density at radius 3 is 2.79 bits per heavy atom. The van der Waals surface area contributed by atoms with Crippen LogP contribution in [0.4, 0.5) is 0 Å². The van der Waals surface area contributed by atoms with Crippen LogP contribution in [0.2, 0.25) is 0 Å². The van der Waals surface area contributed by atoms with Crippen molar-refractivity contribution >= 4 is 22.8 Å². The van der Waals surface area contributed by atoms with Gasteiger partial charge in [0, 0.05) is 17.0 Å². The first-order valence-electron chi connectivity index (χ1n) is 6.02. The van der Waals surface area contributed by atoms with Crippen molar-refractivity contribution < 1.29 is 0 Å². The topological polar surface area (TPSA) is 56.7 Å². The fourth-order valence-electron chi connectivity index (χ4n) is 2.20. The molecule has 0 aliphatic rings. The third kappa shape index (κ3) is 2.01. The molecule has 1 heterocycles. The minimum absolute atomic E-state index is 0.487. The van der Waals surface area contributed by atoms with E-state index < -0.39 is 0 Å². The highest BCUT2D eigenvalue weighted by Crippen LogP contribution is 2.27. The summed E-state index contributed by atoms with van der Waals surface area (Å²) < 4.78 is 1.86. The second-order valence-corrected chi connectivity index (χ2v) is 5.00. The maximum Gasteiger partial charge on any atom is 0.113 e. The van der Waals surface area contributed by atoms with Crippen molar-refractivity contribution in [2.45, 2.75) is 11.4 Å². The maximum absolute atomic E-state index is 5.90. The summed E-state index contributed by atoms with van der Waals surface area (Å²) >= 11 is 1.70. The van der Waals surface area contributed by atoms with Crippen LogP contribution in [-0.2, 0) is 6.54 Å². The molecular weight excluding hydrogens is 256 g/mol. The third-order valence-electron chi connectivity index (χ3n) is 3.11. The molecule has 0 atom stereocenters. The van der Waals surface area contributed by atoms with Gasteiger partial charge in [0.2, 0.25) is 0 Å². The summed E-state index contributed by atoms with van der Waals surface area (Å²) in [6.45, 7) is 0.487. The number of fused-ring (bicyclic) bond motifs is 1. The van der Waals surface area contributed by atoms with Gasteiger partial charge < -0.3 is 5.73 Å². The zero-order valence-corrected chi connectivity index (χ0v) is 11.4. The SMILES string of the molecule is CSc1cccc(-n2nnc3ccccc32)c1CN. The number of hydrogen-bond donors (Lipinski definition) is 1. The van der Waals surface area contributed by atoms with E-state index >= 15 is 0 Å². The number of aromatic nitrogens is 3. The standard InChI is InChI=1S/C14H14N4S/c1-19-14-8-4-7-12(10(14)9-15)18-13-6-3-2-5-11(13)16-17-18/h2-8H,9,15H2,1H3. The molecular formula is C14H14N4S. The molecule has 5 heteroatoms. The van der Waals surface area contributed by atoms with E-state index in [1.54, 1.807) is 11.8 Å². The molecule has 0 radical (unpaired) electrons. The third-order valence-corrected chi connectivity index (χ3v) is 3.93. The normalized spacial score (nSPS) is 11.1. The van der Waals surface area contributed by atoms with Gasteiger partial charge in [0.15, 0.2) is 0 Å². The summed E-state index contributed by atoms with van der Waals surface area (Å²) in [5, 5.41) is 8.44. The van der Waals surface area contributed by atoms with E-state index in [0.717, 1.165) is 22.3 Å². The van der Waals surface area contributed by atoms with Crippen LogP contribution in [0.15, 0.2) is 47.4 Å². The highest BCUT2D eigenvalue weighted by Gasteiger charge is 2.12. The summed E-state index contributed by atoms with van der Waals surface area (Å²) in [5.41, 5.74) is 9.89. The lowest BCUT2D eigenvalue weighted by atomic mass is 10.1.